The molecule has 0 bridgehead atoms. The average molecular weight is 300 g/mol. The molecule has 2 aromatic rings. The van der Waals surface area contributed by atoms with Crippen LogP contribution in [0.1, 0.15) is 16.1 Å². The van der Waals surface area contributed by atoms with Crippen LogP contribution >= 0.6 is 0 Å². The van der Waals surface area contributed by atoms with Crippen LogP contribution in [0.3, 0.4) is 0 Å². The van der Waals surface area contributed by atoms with Crippen molar-refractivity contribution in [2.75, 3.05) is 19.0 Å². The van der Waals surface area contributed by atoms with Crippen LogP contribution in [-0.2, 0) is 6.42 Å². The lowest BCUT2D eigenvalue weighted by molar-refractivity contribution is 0.0690. The standard InChI is InChI=1S/C16H16N2O4/c1-21-12-6-5-10-7-11(9-22-14(10)8-12)17-15-4-2-3-13(18-15)16(19)20/h2-6,8,11H,7,9H2,1H3,(H,17,18)(H,19,20). The maximum Gasteiger partial charge on any atom is 0.354 e. The van der Waals surface area contributed by atoms with Crippen molar-refractivity contribution in [3.05, 3.63) is 47.7 Å². The Balaban J connectivity index is 1.72. The van der Waals surface area contributed by atoms with Crippen molar-refractivity contribution < 1.29 is 19.4 Å². The molecule has 22 heavy (non-hydrogen) atoms. The Bertz CT molecular complexity index is 702. The van der Waals surface area contributed by atoms with Gasteiger partial charge in [-0.1, -0.05) is 12.1 Å². The highest BCUT2D eigenvalue weighted by Gasteiger charge is 2.20. The SMILES string of the molecule is COc1ccc2c(c1)OCC(Nc1cccc(C(=O)O)n1)C2. The highest BCUT2D eigenvalue weighted by atomic mass is 16.5. The molecule has 0 amide bonds. The summed E-state index contributed by atoms with van der Waals surface area (Å²) in [6.45, 7) is 0.485. The number of hydrogen-bond donors (Lipinski definition) is 2. The number of carboxylic acids is 1. The number of carbonyl (C=O) groups is 1. The number of hydrogen-bond acceptors (Lipinski definition) is 5. The van der Waals surface area contributed by atoms with Crippen LogP contribution < -0.4 is 14.8 Å². The van der Waals surface area contributed by atoms with E-state index in [4.69, 9.17) is 14.6 Å². The monoisotopic (exact) mass is 300 g/mol. The first-order valence-electron chi connectivity index (χ1n) is 6.92. The molecular formula is C16H16N2O4. The minimum atomic E-state index is -1.04. The summed E-state index contributed by atoms with van der Waals surface area (Å²) in [6, 6.07) is 10.7. The van der Waals surface area contributed by atoms with Gasteiger partial charge in [0.1, 0.15) is 23.9 Å². The van der Waals surface area contributed by atoms with Gasteiger partial charge in [0.2, 0.25) is 0 Å². The predicted octanol–water partition coefficient (Wildman–Crippen LogP) is 2.20. The molecule has 1 unspecified atom stereocenters. The van der Waals surface area contributed by atoms with Gasteiger partial charge in [0.25, 0.3) is 0 Å². The minimum Gasteiger partial charge on any atom is -0.497 e. The molecule has 0 saturated carbocycles. The van der Waals surface area contributed by atoms with Crippen LogP contribution in [0.5, 0.6) is 11.5 Å². The Kier molecular flexibility index (Phi) is 3.82. The zero-order valence-electron chi connectivity index (χ0n) is 12.1. The number of nitrogens with zero attached hydrogens (tertiary/aromatic N) is 1. The van der Waals surface area contributed by atoms with Gasteiger partial charge in [0.05, 0.1) is 13.2 Å². The Morgan fingerprint density at radius 2 is 2.27 bits per heavy atom. The number of aromatic carboxylic acids is 1. The summed E-state index contributed by atoms with van der Waals surface area (Å²) < 4.78 is 10.9. The van der Waals surface area contributed by atoms with E-state index in [0.29, 0.717) is 12.4 Å². The van der Waals surface area contributed by atoms with E-state index in [0.717, 1.165) is 23.5 Å². The van der Waals surface area contributed by atoms with Crippen molar-refractivity contribution in [3.63, 3.8) is 0 Å². The fourth-order valence-corrected chi connectivity index (χ4v) is 2.42. The molecule has 6 heteroatoms. The molecule has 0 spiro atoms. The van der Waals surface area contributed by atoms with Crippen molar-refractivity contribution in [2.24, 2.45) is 0 Å². The van der Waals surface area contributed by atoms with Crippen molar-refractivity contribution in [2.45, 2.75) is 12.5 Å². The van der Waals surface area contributed by atoms with E-state index in [1.165, 1.54) is 6.07 Å². The first kappa shape index (κ1) is 14.2. The van der Waals surface area contributed by atoms with Gasteiger partial charge in [0.15, 0.2) is 5.69 Å². The van der Waals surface area contributed by atoms with E-state index in [-0.39, 0.29) is 11.7 Å². The van der Waals surface area contributed by atoms with Crippen LogP contribution in [0.4, 0.5) is 5.82 Å². The zero-order chi connectivity index (χ0) is 15.5. The first-order valence-corrected chi connectivity index (χ1v) is 6.92. The molecule has 1 aromatic heterocycles. The fourth-order valence-electron chi connectivity index (χ4n) is 2.42. The number of aromatic nitrogens is 1. The minimum absolute atomic E-state index is 0.0202. The third kappa shape index (κ3) is 2.95. The number of anilines is 1. The number of nitrogens with one attached hydrogen (secondary N) is 1. The van der Waals surface area contributed by atoms with Gasteiger partial charge in [-0.15, -0.1) is 0 Å². The van der Waals surface area contributed by atoms with E-state index in [9.17, 15) is 4.79 Å². The van der Waals surface area contributed by atoms with Crippen molar-refractivity contribution in [3.8, 4) is 11.5 Å². The van der Waals surface area contributed by atoms with Crippen molar-refractivity contribution in [1.82, 2.24) is 4.98 Å². The number of rotatable bonds is 4. The maximum absolute atomic E-state index is 10.9. The highest BCUT2D eigenvalue weighted by molar-refractivity contribution is 5.85. The summed E-state index contributed by atoms with van der Waals surface area (Å²) in [5, 5.41) is 12.2. The summed E-state index contributed by atoms with van der Waals surface area (Å²) in [4.78, 5) is 15.0. The molecule has 2 heterocycles. The summed E-state index contributed by atoms with van der Waals surface area (Å²) in [5.41, 5.74) is 1.10. The Labute approximate surface area is 127 Å². The van der Waals surface area contributed by atoms with E-state index in [1.807, 2.05) is 18.2 Å². The molecule has 114 valence electrons. The van der Waals surface area contributed by atoms with Crippen molar-refractivity contribution >= 4 is 11.8 Å². The van der Waals surface area contributed by atoms with Crippen LogP contribution in [0.15, 0.2) is 36.4 Å². The molecule has 1 aromatic carbocycles. The Morgan fingerprint density at radius 3 is 3.05 bits per heavy atom. The maximum atomic E-state index is 10.9. The average Bonchev–Trinajstić information content (AvgIpc) is 2.54. The van der Waals surface area contributed by atoms with Gasteiger partial charge in [0, 0.05) is 6.07 Å². The number of methoxy groups -OCH3 is 1. The molecule has 2 N–H and O–H groups in total. The summed E-state index contributed by atoms with van der Waals surface area (Å²) in [7, 11) is 1.62. The Hall–Kier alpha value is -2.76. The molecule has 0 saturated heterocycles. The van der Waals surface area contributed by atoms with Gasteiger partial charge in [-0.25, -0.2) is 9.78 Å². The largest absolute Gasteiger partial charge is 0.497 e. The Morgan fingerprint density at radius 1 is 1.41 bits per heavy atom. The third-order valence-electron chi connectivity index (χ3n) is 3.50. The molecule has 1 aliphatic heterocycles. The molecule has 0 radical (unpaired) electrons. The number of carboxylic acid groups (broad SMARTS) is 1. The summed E-state index contributed by atoms with van der Waals surface area (Å²) in [5.74, 6) is 1.08. The third-order valence-corrected chi connectivity index (χ3v) is 3.50. The van der Waals surface area contributed by atoms with Gasteiger partial charge >= 0.3 is 5.97 Å². The van der Waals surface area contributed by atoms with E-state index < -0.39 is 5.97 Å². The van der Waals surface area contributed by atoms with Gasteiger partial charge in [-0.2, -0.15) is 0 Å². The molecule has 3 rings (SSSR count). The number of benzene rings is 1. The van der Waals surface area contributed by atoms with E-state index >= 15 is 0 Å². The molecule has 1 aliphatic rings. The molecule has 1 atom stereocenters. The van der Waals surface area contributed by atoms with Crippen LogP contribution in [0.25, 0.3) is 0 Å². The second-order valence-corrected chi connectivity index (χ2v) is 5.04. The molecule has 6 nitrogen and oxygen atoms in total. The normalized spacial score (nSPS) is 16.3. The number of ether oxygens (including phenoxy) is 2. The fraction of sp³-hybridized carbons (Fsp3) is 0.250. The lowest BCUT2D eigenvalue weighted by Crippen LogP contribution is -2.33. The van der Waals surface area contributed by atoms with E-state index in [2.05, 4.69) is 10.3 Å². The van der Waals surface area contributed by atoms with Gasteiger partial charge < -0.3 is 19.9 Å². The lowest BCUT2D eigenvalue weighted by atomic mass is 10.0. The van der Waals surface area contributed by atoms with Crippen LogP contribution in [0.2, 0.25) is 0 Å². The number of pyridine rings is 1. The second kappa shape index (κ2) is 5.93. The summed E-state index contributed by atoms with van der Waals surface area (Å²) >= 11 is 0. The van der Waals surface area contributed by atoms with Gasteiger partial charge in [-0.3, -0.25) is 0 Å². The zero-order valence-corrected chi connectivity index (χ0v) is 12.1. The quantitative estimate of drug-likeness (QED) is 0.901. The first-order chi connectivity index (χ1) is 10.7. The molecular weight excluding hydrogens is 284 g/mol. The van der Waals surface area contributed by atoms with Gasteiger partial charge in [-0.05, 0) is 30.2 Å². The topological polar surface area (TPSA) is 80.7 Å². The van der Waals surface area contributed by atoms with Crippen LogP contribution in [0, 0.1) is 0 Å². The van der Waals surface area contributed by atoms with E-state index in [1.54, 1.807) is 19.2 Å². The van der Waals surface area contributed by atoms with Crippen molar-refractivity contribution in [1.29, 1.82) is 0 Å². The second-order valence-electron chi connectivity index (χ2n) is 5.04. The molecule has 0 fully saturated rings. The highest BCUT2D eigenvalue weighted by Crippen LogP contribution is 2.29. The predicted molar refractivity (Wildman–Crippen MR) is 80.8 cm³/mol. The van der Waals surface area contributed by atoms with Crippen LogP contribution in [-0.4, -0.2) is 35.8 Å². The molecule has 0 aliphatic carbocycles. The summed E-state index contributed by atoms with van der Waals surface area (Å²) in [6.07, 6.45) is 0.776. The number of fused-ring (bicyclic) bond motifs is 1. The lowest BCUT2D eigenvalue weighted by Gasteiger charge is -2.26. The smallest absolute Gasteiger partial charge is 0.354 e.